The first-order valence-electron chi connectivity index (χ1n) is 10.0. The Kier molecular flexibility index (Phi) is 7.35. The standard InChI is InChI=1S/C19H28ClN5O5/c1-30-14-9-25(15(19(28)29)10-2-5-22-6-3-10)7-4-13(14)23-17(26)11-8-12(20)16(21)24-18(11)27/h8,10,13-15,22H,2-7,9H2,1H3,(H,23,26)(H,28,29)(H3,21,24,27)/t13-,14+,15?/m1/s1. The van der Waals surface area contributed by atoms with E-state index in [1.54, 1.807) is 0 Å². The van der Waals surface area contributed by atoms with Crippen LogP contribution < -0.4 is 21.9 Å². The van der Waals surface area contributed by atoms with E-state index < -0.39 is 29.6 Å². The summed E-state index contributed by atoms with van der Waals surface area (Å²) in [5.74, 6) is -1.34. The summed E-state index contributed by atoms with van der Waals surface area (Å²) in [6.45, 7) is 2.51. The summed E-state index contributed by atoms with van der Waals surface area (Å²) in [6, 6.07) is 0.289. The number of pyridine rings is 1. The van der Waals surface area contributed by atoms with Gasteiger partial charge in [-0.1, -0.05) is 11.6 Å². The molecule has 6 N–H and O–H groups in total. The molecule has 1 unspecified atom stereocenters. The van der Waals surface area contributed by atoms with Gasteiger partial charge in [0.05, 0.1) is 17.2 Å². The van der Waals surface area contributed by atoms with Crippen LogP contribution in [0, 0.1) is 5.92 Å². The number of aromatic amines is 1. The van der Waals surface area contributed by atoms with Crippen LogP contribution in [0.3, 0.4) is 0 Å². The zero-order valence-corrected chi connectivity index (χ0v) is 17.6. The van der Waals surface area contributed by atoms with E-state index in [1.807, 2.05) is 4.90 Å². The molecule has 3 rings (SSSR count). The van der Waals surface area contributed by atoms with Gasteiger partial charge in [-0.3, -0.25) is 19.3 Å². The van der Waals surface area contributed by atoms with Crippen molar-refractivity contribution < 1.29 is 19.4 Å². The molecule has 2 aliphatic heterocycles. The lowest BCUT2D eigenvalue weighted by atomic mass is 9.87. The first kappa shape index (κ1) is 22.5. The van der Waals surface area contributed by atoms with E-state index in [0.717, 1.165) is 25.9 Å². The highest BCUT2D eigenvalue weighted by atomic mass is 35.5. The number of nitrogens with zero attached hydrogens (tertiary/aromatic N) is 1. The Labute approximate surface area is 179 Å². The van der Waals surface area contributed by atoms with E-state index in [0.29, 0.717) is 19.5 Å². The van der Waals surface area contributed by atoms with Crippen LogP contribution in [-0.2, 0) is 9.53 Å². The minimum Gasteiger partial charge on any atom is -0.480 e. The number of rotatable bonds is 6. The molecule has 0 aromatic carbocycles. The third-order valence-corrected chi connectivity index (χ3v) is 6.27. The van der Waals surface area contributed by atoms with Crippen molar-refractivity contribution in [1.82, 2.24) is 20.5 Å². The number of nitrogen functional groups attached to an aromatic ring is 1. The Morgan fingerprint density at radius 3 is 2.70 bits per heavy atom. The number of amides is 1. The van der Waals surface area contributed by atoms with Crippen LogP contribution >= 0.6 is 11.6 Å². The second-order valence-corrected chi connectivity index (χ2v) is 8.19. The van der Waals surface area contributed by atoms with Gasteiger partial charge in [0.15, 0.2) is 0 Å². The third kappa shape index (κ3) is 4.94. The highest BCUT2D eigenvalue weighted by Crippen LogP contribution is 2.26. The summed E-state index contributed by atoms with van der Waals surface area (Å²) >= 11 is 5.92. The zero-order chi connectivity index (χ0) is 21.8. The van der Waals surface area contributed by atoms with E-state index >= 15 is 0 Å². The van der Waals surface area contributed by atoms with Gasteiger partial charge in [0, 0.05) is 20.2 Å². The molecular formula is C19H28ClN5O5. The monoisotopic (exact) mass is 441 g/mol. The van der Waals surface area contributed by atoms with Crippen LogP contribution in [-0.4, -0.2) is 78.3 Å². The summed E-state index contributed by atoms with van der Waals surface area (Å²) < 4.78 is 5.57. The number of aliphatic carboxylic acids is 1. The van der Waals surface area contributed by atoms with Crippen molar-refractivity contribution in [2.24, 2.45) is 5.92 Å². The summed E-state index contributed by atoms with van der Waals surface area (Å²) in [5, 5.41) is 16.0. The Hall–Kier alpha value is -2.14. The Morgan fingerprint density at radius 2 is 2.07 bits per heavy atom. The van der Waals surface area contributed by atoms with Crippen molar-refractivity contribution in [2.45, 2.75) is 37.5 Å². The van der Waals surface area contributed by atoms with Gasteiger partial charge in [-0.2, -0.15) is 0 Å². The highest BCUT2D eigenvalue weighted by Gasteiger charge is 2.40. The maximum atomic E-state index is 12.6. The van der Waals surface area contributed by atoms with Gasteiger partial charge >= 0.3 is 5.97 Å². The minimum atomic E-state index is -0.831. The summed E-state index contributed by atoms with van der Waals surface area (Å²) in [4.78, 5) is 41.0. The molecule has 3 atom stereocenters. The predicted octanol–water partition coefficient (Wildman–Crippen LogP) is -0.118. The number of halogens is 1. The van der Waals surface area contributed by atoms with Crippen LogP contribution in [0.2, 0.25) is 5.02 Å². The van der Waals surface area contributed by atoms with Gasteiger partial charge in [0.25, 0.3) is 11.5 Å². The van der Waals surface area contributed by atoms with Gasteiger partial charge in [0.2, 0.25) is 0 Å². The van der Waals surface area contributed by atoms with Crippen molar-refractivity contribution >= 4 is 29.3 Å². The van der Waals surface area contributed by atoms with Crippen molar-refractivity contribution in [3.8, 4) is 0 Å². The summed E-state index contributed by atoms with van der Waals surface area (Å²) in [7, 11) is 1.53. The van der Waals surface area contributed by atoms with E-state index in [-0.39, 0.29) is 28.4 Å². The first-order chi connectivity index (χ1) is 14.3. The van der Waals surface area contributed by atoms with Crippen LogP contribution in [0.5, 0.6) is 0 Å². The highest BCUT2D eigenvalue weighted by molar-refractivity contribution is 6.33. The number of carbonyl (C=O) groups is 2. The molecule has 1 aromatic rings. The van der Waals surface area contributed by atoms with Crippen LogP contribution in [0.15, 0.2) is 10.9 Å². The second-order valence-electron chi connectivity index (χ2n) is 7.78. The van der Waals surface area contributed by atoms with Gasteiger partial charge < -0.3 is 31.2 Å². The van der Waals surface area contributed by atoms with Gasteiger partial charge in [-0.15, -0.1) is 0 Å². The van der Waals surface area contributed by atoms with Gasteiger partial charge in [0.1, 0.15) is 17.4 Å². The Bertz CT molecular complexity index is 841. The van der Waals surface area contributed by atoms with Crippen LogP contribution in [0.4, 0.5) is 5.82 Å². The topological polar surface area (TPSA) is 150 Å². The molecule has 166 valence electrons. The Morgan fingerprint density at radius 1 is 1.37 bits per heavy atom. The lowest BCUT2D eigenvalue weighted by molar-refractivity contribution is -0.148. The van der Waals surface area contributed by atoms with Crippen LogP contribution in [0.1, 0.15) is 29.6 Å². The largest absolute Gasteiger partial charge is 0.480 e. The molecule has 11 heteroatoms. The molecule has 0 radical (unpaired) electrons. The lowest BCUT2D eigenvalue weighted by Crippen LogP contribution is -2.60. The number of carboxylic acid groups (broad SMARTS) is 1. The van der Waals surface area contributed by atoms with Gasteiger partial charge in [-0.05, 0) is 44.3 Å². The molecule has 0 aliphatic carbocycles. The molecule has 2 saturated heterocycles. The SMILES string of the molecule is CO[C@H]1CN(C(C(=O)O)C2CCNCC2)CC[C@H]1NC(=O)c1cc(Cl)c(N)[nH]c1=O. The number of carboxylic acids is 1. The number of anilines is 1. The van der Waals surface area contributed by atoms with Crippen molar-refractivity contribution in [3.05, 3.63) is 27.0 Å². The summed E-state index contributed by atoms with van der Waals surface area (Å²) in [6.07, 6.45) is 1.71. The number of aromatic nitrogens is 1. The second kappa shape index (κ2) is 9.78. The third-order valence-electron chi connectivity index (χ3n) is 5.95. The molecule has 1 aromatic heterocycles. The fourth-order valence-electron chi connectivity index (χ4n) is 4.35. The number of nitrogens with two attached hydrogens (primary N) is 1. The fourth-order valence-corrected chi connectivity index (χ4v) is 4.50. The van der Waals surface area contributed by atoms with Gasteiger partial charge in [-0.25, -0.2) is 0 Å². The predicted molar refractivity (Wildman–Crippen MR) is 112 cm³/mol. The number of hydrogen-bond donors (Lipinski definition) is 5. The average molecular weight is 442 g/mol. The molecule has 2 fully saturated rings. The van der Waals surface area contributed by atoms with Crippen molar-refractivity contribution in [1.29, 1.82) is 0 Å². The molecule has 0 spiro atoms. The molecular weight excluding hydrogens is 414 g/mol. The quantitative estimate of drug-likeness (QED) is 0.410. The number of carbonyl (C=O) groups excluding carboxylic acids is 1. The molecule has 1 amide bonds. The maximum absolute atomic E-state index is 12.6. The van der Waals surface area contributed by atoms with E-state index in [9.17, 15) is 19.5 Å². The van der Waals surface area contributed by atoms with E-state index in [1.165, 1.54) is 13.2 Å². The number of likely N-dealkylation sites (tertiary alicyclic amines) is 1. The normalized spacial score (nSPS) is 24.3. The van der Waals surface area contributed by atoms with Crippen molar-refractivity contribution in [2.75, 3.05) is 39.0 Å². The fraction of sp³-hybridized carbons (Fsp3) is 0.632. The summed E-state index contributed by atoms with van der Waals surface area (Å²) in [5.41, 5.74) is 4.79. The number of H-pyrrole nitrogens is 1. The zero-order valence-electron chi connectivity index (χ0n) is 16.8. The number of methoxy groups -OCH3 is 1. The molecule has 10 nitrogen and oxygen atoms in total. The number of hydrogen-bond acceptors (Lipinski definition) is 7. The number of piperidine rings is 2. The van der Waals surface area contributed by atoms with E-state index in [2.05, 4.69) is 15.6 Å². The van der Waals surface area contributed by atoms with Crippen LogP contribution in [0.25, 0.3) is 0 Å². The molecule has 2 aliphatic rings. The first-order valence-corrected chi connectivity index (χ1v) is 10.4. The molecule has 0 bridgehead atoms. The average Bonchev–Trinajstić information content (AvgIpc) is 2.72. The minimum absolute atomic E-state index is 0.00100. The maximum Gasteiger partial charge on any atom is 0.321 e. The molecule has 3 heterocycles. The molecule has 0 saturated carbocycles. The van der Waals surface area contributed by atoms with Crippen molar-refractivity contribution in [3.63, 3.8) is 0 Å². The molecule has 30 heavy (non-hydrogen) atoms. The smallest absolute Gasteiger partial charge is 0.321 e. The lowest BCUT2D eigenvalue weighted by Gasteiger charge is -2.43. The Balaban J connectivity index is 1.69. The van der Waals surface area contributed by atoms with E-state index in [4.69, 9.17) is 22.1 Å². The number of ether oxygens (including phenoxy) is 1. The number of nitrogens with one attached hydrogen (secondary N) is 3.